The molecule has 19 heavy (non-hydrogen) atoms. The summed E-state index contributed by atoms with van der Waals surface area (Å²) < 4.78 is 0. The van der Waals surface area contributed by atoms with E-state index in [2.05, 4.69) is 36.9 Å². The first-order valence-corrected chi connectivity index (χ1v) is 7.08. The van der Waals surface area contributed by atoms with Gasteiger partial charge in [-0.2, -0.15) is 0 Å². The Morgan fingerprint density at radius 1 is 1.37 bits per heavy atom. The van der Waals surface area contributed by atoms with Gasteiger partial charge in [0.1, 0.15) is 0 Å². The van der Waals surface area contributed by atoms with Crippen LogP contribution in [0.5, 0.6) is 0 Å². The lowest BCUT2D eigenvalue weighted by molar-refractivity contribution is -0.138. The molecule has 104 valence electrons. The van der Waals surface area contributed by atoms with E-state index in [1.165, 1.54) is 23.1 Å². The van der Waals surface area contributed by atoms with Crippen LogP contribution in [0.2, 0.25) is 0 Å². The van der Waals surface area contributed by atoms with Gasteiger partial charge in [0, 0.05) is 12.6 Å². The van der Waals surface area contributed by atoms with Crippen LogP contribution in [0.3, 0.4) is 0 Å². The third-order valence-corrected chi connectivity index (χ3v) is 4.04. The summed E-state index contributed by atoms with van der Waals surface area (Å²) >= 11 is 0. The summed E-state index contributed by atoms with van der Waals surface area (Å²) in [7, 11) is 0. The number of piperidine rings is 1. The summed E-state index contributed by atoms with van der Waals surface area (Å²) in [4.78, 5) is 13.3. The standard InChI is InChI=1S/C16H23NO2/c1-12-6-7-13(2)14(9-12)11-17-8-4-3-5-15(17)10-16(18)19/h6-7,9,15H,3-5,8,10-11H2,1-2H3,(H,18,19). The molecular weight excluding hydrogens is 238 g/mol. The van der Waals surface area contributed by atoms with E-state index in [-0.39, 0.29) is 12.5 Å². The molecule has 1 fully saturated rings. The molecule has 0 aliphatic carbocycles. The van der Waals surface area contributed by atoms with Crippen LogP contribution in [-0.4, -0.2) is 28.6 Å². The first kappa shape index (κ1) is 14.1. The van der Waals surface area contributed by atoms with E-state index in [9.17, 15) is 4.79 Å². The van der Waals surface area contributed by atoms with Crippen molar-refractivity contribution in [2.45, 2.75) is 52.1 Å². The van der Waals surface area contributed by atoms with Crippen LogP contribution in [0.4, 0.5) is 0 Å². The maximum Gasteiger partial charge on any atom is 0.304 e. The Hall–Kier alpha value is -1.35. The van der Waals surface area contributed by atoms with Crippen molar-refractivity contribution in [3.63, 3.8) is 0 Å². The van der Waals surface area contributed by atoms with Crippen LogP contribution in [0.15, 0.2) is 18.2 Å². The van der Waals surface area contributed by atoms with E-state index in [0.29, 0.717) is 0 Å². The number of rotatable bonds is 4. The highest BCUT2D eigenvalue weighted by atomic mass is 16.4. The highest BCUT2D eigenvalue weighted by Gasteiger charge is 2.24. The van der Waals surface area contributed by atoms with Gasteiger partial charge >= 0.3 is 5.97 Å². The Balaban J connectivity index is 2.10. The van der Waals surface area contributed by atoms with Gasteiger partial charge in [0.15, 0.2) is 0 Å². The highest BCUT2D eigenvalue weighted by Crippen LogP contribution is 2.23. The van der Waals surface area contributed by atoms with E-state index < -0.39 is 5.97 Å². The Morgan fingerprint density at radius 3 is 2.89 bits per heavy atom. The molecule has 1 unspecified atom stereocenters. The molecule has 3 heteroatoms. The topological polar surface area (TPSA) is 40.5 Å². The molecule has 1 aromatic rings. The van der Waals surface area contributed by atoms with Crippen molar-refractivity contribution in [3.8, 4) is 0 Å². The van der Waals surface area contributed by atoms with Gasteiger partial charge in [0.2, 0.25) is 0 Å². The lowest BCUT2D eigenvalue weighted by Gasteiger charge is -2.35. The summed E-state index contributed by atoms with van der Waals surface area (Å²) in [6, 6.07) is 6.71. The maximum absolute atomic E-state index is 11.0. The summed E-state index contributed by atoms with van der Waals surface area (Å²) in [5, 5.41) is 9.02. The third kappa shape index (κ3) is 3.80. The van der Waals surface area contributed by atoms with Crippen LogP contribution in [-0.2, 0) is 11.3 Å². The molecule has 0 amide bonds. The summed E-state index contributed by atoms with van der Waals surface area (Å²) in [6.45, 7) is 6.13. The lowest BCUT2D eigenvalue weighted by Crippen LogP contribution is -2.40. The van der Waals surface area contributed by atoms with Crippen LogP contribution in [0, 0.1) is 13.8 Å². The Morgan fingerprint density at radius 2 is 2.16 bits per heavy atom. The van der Waals surface area contributed by atoms with Gasteiger partial charge in [0.25, 0.3) is 0 Å². The molecule has 1 heterocycles. The fraction of sp³-hybridized carbons (Fsp3) is 0.562. The molecule has 2 rings (SSSR count). The second-order valence-electron chi connectivity index (χ2n) is 5.65. The molecule has 0 saturated carbocycles. The van der Waals surface area contributed by atoms with Gasteiger partial charge in [-0.3, -0.25) is 9.69 Å². The van der Waals surface area contributed by atoms with Crippen molar-refractivity contribution in [1.82, 2.24) is 4.90 Å². The van der Waals surface area contributed by atoms with Crippen molar-refractivity contribution < 1.29 is 9.90 Å². The highest BCUT2D eigenvalue weighted by molar-refractivity contribution is 5.67. The zero-order valence-corrected chi connectivity index (χ0v) is 11.9. The van der Waals surface area contributed by atoms with Gasteiger partial charge < -0.3 is 5.11 Å². The molecule has 1 aliphatic rings. The number of likely N-dealkylation sites (tertiary alicyclic amines) is 1. The zero-order valence-electron chi connectivity index (χ0n) is 11.9. The first-order valence-electron chi connectivity index (χ1n) is 7.08. The summed E-state index contributed by atoms with van der Waals surface area (Å²) in [5.74, 6) is -0.683. The van der Waals surface area contributed by atoms with Gasteiger partial charge in [-0.25, -0.2) is 0 Å². The number of aliphatic carboxylic acids is 1. The molecular formula is C16H23NO2. The summed E-state index contributed by atoms with van der Waals surface area (Å²) in [5.41, 5.74) is 3.90. The molecule has 1 aromatic carbocycles. The molecule has 0 spiro atoms. The van der Waals surface area contributed by atoms with Gasteiger partial charge in [-0.1, -0.05) is 30.2 Å². The molecule has 1 saturated heterocycles. The van der Waals surface area contributed by atoms with Crippen LogP contribution < -0.4 is 0 Å². The van der Waals surface area contributed by atoms with Crippen molar-refractivity contribution >= 4 is 5.97 Å². The largest absolute Gasteiger partial charge is 0.481 e. The average molecular weight is 261 g/mol. The fourth-order valence-corrected chi connectivity index (χ4v) is 2.89. The minimum atomic E-state index is -0.683. The lowest BCUT2D eigenvalue weighted by atomic mass is 9.97. The number of hydrogen-bond acceptors (Lipinski definition) is 2. The normalized spacial score (nSPS) is 20.4. The Bertz CT molecular complexity index is 456. The van der Waals surface area contributed by atoms with Gasteiger partial charge in [-0.05, 0) is 44.4 Å². The molecule has 1 atom stereocenters. The average Bonchev–Trinajstić information content (AvgIpc) is 2.35. The van der Waals surface area contributed by atoms with Crippen LogP contribution in [0.25, 0.3) is 0 Å². The van der Waals surface area contributed by atoms with Gasteiger partial charge in [-0.15, -0.1) is 0 Å². The molecule has 1 N–H and O–H groups in total. The second-order valence-corrected chi connectivity index (χ2v) is 5.65. The second kappa shape index (κ2) is 6.20. The van der Waals surface area contributed by atoms with Crippen molar-refractivity contribution in [2.24, 2.45) is 0 Å². The van der Waals surface area contributed by atoms with Crippen molar-refractivity contribution in [2.75, 3.05) is 6.54 Å². The number of benzene rings is 1. The number of hydrogen-bond donors (Lipinski definition) is 1. The zero-order chi connectivity index (χ0) is 13.8. The minimum absolute atomic E-state index is 0.200. The van der Waals surface area contributed by atoms with E-state index in [1.54, 1.807) is 0 Å². The third-order valence-electron chi connectivity index (χ3n) is 4.04. The van der Waals surface area contributed by atoms with Crippen LogP contribution >= 0.6 is 0 Å². The molecule has 0 radical (unpaired) electrons. The first-order chi connectivity index (χ1) is 9.06. The van der Waals surface area contributed by atoms with E-state index in [0.717, 1.165) is 25.9 Å². The van der Waals surface area contributed by atoms with Crippen LogP contribution in [0.1, 0.15) is 42.4 Å². The fourth-order valence-electron chi connectivity index (χ4n) is 2.89. The molecule has 0 bridgehead atoms. The molecule has 0 aromatic heterocycles. The predicted molar refractivity (Wildman–Crippen MR) is 76.2 cm³/mol. The predicted octanol–water partition coefficient (Wildman–Crippen LogP) is 3.13. The van der Waals surface area contributed by atoms with E-state index >= 15 is 0 Å². The molecule has 1 aliphatic heterocycles. The number of carboxylic acids is 1. The minimum Gasteiger partial charge on any atom is -0.481 e. The number of carbonyl (C=O) groups is 1. The van der Waals surface area contributed by atoms with Gasteiger partial charge in [0.05, 0.1) is 6.42 Å². The maximum atomic E-state index is 11.0. The smallest absolute Gasteiger partial charge is 0.304 e. The number of carboxylic acid groups (broad SMARTS) is 1. The Labute approximate surface area is 115 Å². The number of nitrogens with zero attached hydrogens (tertiary/aromatic N) is 1. The monoisotopic (exact) mass is 261 g/mol. The number of aryl methyl sites for hydroxylation is 2. The van der Waals surface area contributed by atoms with Crippen molar-refractivity contribution in [3.05, 3.63) is 34.9 Å². The summed E-state index contributed by atoms with van der Waals surface area (Å²) in [6.07, 6.45) is 3.62. The van der Waals surface area contributed by atoms with E-state index in [1.807, 2.05) is 0 Å². The SMILES string of the molecule is Cc1ccc(C)c(CN2CCCCC2CC(=O)O)c1. The van der Waals surface area contributed by atoms with Crippen molar-refractivity contribution in [1.29, 1.82) is 0 Å². The molecule has 3 nitrogen and oxygen atoms in total. The van der Waals surface area contributed by atoms with E-state index in [4.69, 9.17) is 5.11 Å². The Kier molecular flexibility index (Phi) is 4.59. The quantitative estimate of drug-likeness (QED) is 0.905.